The van der Waals surface area contributed by atoms with Gasteiger partial charge in [0.2, 0.25) is 5.82 Å². The summed E-state index contributed by atoms with van der Waals surface area (Å²) in [6.07, 6.45) is -0.293. The van der Waals surface area contributed by atoms with Crippen LogP contribution in [0.4, 0.5) is 18.0 Å². The van der Waals surface area contributed by atoms with Crippen LogP contribution in [0.5, 0.6) is 0 Å². The van der Waals surface area contributed by atoms with Crippen molar-refractivity contribution in [3.05, 3.63) is 83.4 Å². The number of nitrogens with zero attached hydrogens (tertiary/aromatic N) is 3. The Bertz CT molecular complexity index is 1270. The fraction of sp³-hybridized carbons (Fsp3) is 0.393. The van der Waals surface area contributed by atoms with E-state index in [-0.39, 0.29) is 43.0 Å². The van der Waals surface area contributed by atoms with E-state index in [1.54, 1.807) is 4.90 Å². The number of carbonyl (C=O) groups is 1. The first-order valence-electron chi connectivity index (χ1n) is 12.5. The van der Waals surface area contributed by atoms with E-state index >= 15 is 0 Å². The second-order valence-electron chi connectivity index (χ2n) is 10.2. The van der Waals surface area contributed by atoms with Gasteiger partial charge < -0.3 is 14.7 Å². The van der Waals surface area contributed by atoms with Gasteiger partial charge in [-0.1, -0.05) is 48.5 Å². The molecular formula is C28H26F3N3O3. The van der Waals surface area contributed by atoms with Gasteiger partial charge >= 0.3 is 12.3 Å². The van der Waals surface area contributed by atoms with E-state index < -0.39 is 23.7 Å². The van der Waals surface area contributed by atoms with Crippen LogP contribution in [0.1, 0.15) is 60.5 Å². The van der Waals surface area contributed by atoms with Crippen LogP contribution in [-0.2, 0) is 16.5 Å². The van der Waals surface area contributed by atoms with Crippen molar-refractivity contribution < 1.29 is 27.8 Å². The first kappa shape index (κ1) is 23.9. The maximum Gasteiger partial charge on any atom is 0.451 e. The number of amides is 1. The molecule has 3 aromatic rings. The van der Waals surface area contributed by atoms with Gasteiger partial charge in [-0.2, -0.15) is 13.2 Å². The molecule has 0 radical (unpaired) electrons. The van der Waals surface area contributed by atoms with Crippen molar-refractivity contribution in [3.63, 3.8) is 0 Å². The van der Waals surface area contributed by atoms with Crippen LogP contribution in [0.2, 0.25) is 0 Å². The molecule has 1 N–H and O–H groups in total. The highest BCUT2D eigenvalue weighted by Gasteiger charge is 2.49. The number of ether oxygens (including phenoxy) is 1. The Morgan fingerprint density at radius 3 is 2.05 bits per heavy atom. The molecule has 2 aliphatic heterocycles. The van der Waals surface area contributed by atoms with Gasteiger partial charge in [-0.15, -0.1) is 0 Å². The van der Waals surface area contributed by atoms with Crippen LogP contribution in [0.3, 0.4) is 0 Å². The summed E-state index contributed by atoms with van der Waals surface area (Å²) >= 11 is 0. The molecule has 37 heavy (non-hydrogen) atoms. The zero-order chi connectivity index (χ0) is 25.8. The first-order valence-corrected chi connectivity index (χ1v) is 12.5. The van der Waals surface area contributed by atoms with Gasteiger partial charge in [0.1, 0.15) is 6.61 Å². The van der Waals surface area contributed by atoms with E-state index in [2.05, 4.69) is 34.2 Å². The highest BCUT2D eigenvalue weighted by atomic mass is 19.4. The van der Waals surface area contributed by atoms with Crippen molar-refractivity contribution in [2.45, 2.75) is 61.9 Å². The topological polar surface area (TPSA) is 75.5 Å². The molecular weight excluding hydrogens is 483 g/mol. The van der Waals surface area contributed by atoms with E-state index in [9.17, 15) is 23.1 Å². The second-order valence-corrected chi connectivity index (χ2v) is 10.2. The van der Waals surface area contributed by atoms with Gasteiger partial charge in [0.25, 0.3) is 0 Å². The zero-order valence-electron chi connectivity index (χ0n) is 20.0. The quantitative estimate of drug-likeness (QED) is 0.494. The normalized spacial score (nSPS) is 24.9. The van der Waals surface area contributed by atoms with Gasteiger partial charge in [0.15, 0.2) is 0 Å². The monoisotopic (exact) mass is 509 g/mol. The maximum absolute atomic E-state index is 13.4. The third-order valence-corrected chi connectivity index (χ3v) is 8.00. The molecule has 192 valence electrons. The van der Waals surface area contributed by atoms with Crippen molar-refractivity contribution in [1.82, 2.24) is 14.9 Å². The van der Waals surface area contributed by atoms with Crippen LogP contribution in [-0.4, -0.2) is 44.8 Å². The fourth-order valence-corrected chi connectivity index (χ4v) is 6.35. The number of rotatable bonds is 3. The molecule has 2 fully saturated rings. The molecule has 2 atom stereocenters. The summed E-state index contributed by atoms with van der Waals surface area (Å²) in [6.45, 7) is 0.208. The number of halogens is 3. The standard InChI is InChI=1S/C28H26F3N3O3/c29-28(30,31)25-32-14-17(15-33-25)27(36)12-18-6-5-7-19(13-27)34(18)26(35)37-16-24-22-10-3-1-8-20(22)21-9-2-4-11-23(21)24/h1-4,8-11,14-15,18-19,24,36H,5-7,12-13,16H2. The number of fused-ring (bicyclic) bond motifs is 5. The van der Waals surface area contributed by atoms with Gasteiger partial charge in [-0.25, -0.2) is 14.8 Å². The third kappa shape index (κ3) is 4.15. The minimum absolute atomic E-state index is 0.0535. The summed E-state index contributed by atoms with van der Waals surface area (Å²) in [4.78, 5) is 22.0. The number of carbonyl (C=O) groups excluding carboxylic acids is 1. The van der Waals surface area contributed by atoms with Crippen molar-refractivity contribution in [2.24, 2.45) is 0 Å². The first-order chi connectivity index (χ1) is 17.7. The molecule has 6 nitrogen and oxygen atoms in total. The lowest BCUT2D eigenvalue weighted by Gasteiger charge is -2.51. The van der Waals surface area contributed by atoms with E-state index in [1.165, 1.54) is 0 Å². The number of aliphatic hydroxyl groups is 1. The number of aromatic nitrogens is 2. The Hall–Kier alpha value is -3.46. The van der Waals surface area contributed by atoms with Crippen LogP contribution < -0.4 is 0 Å². The minimum atomic E-state index is -4.65. The van der Waals surface area contributed by atoms with Crippen LogP contribution in [0.15, 0.2) is 60.9 Å². The highest BCUT2D eigenvalue weighted by Crippen LogP contribution is 2.46. The average Bonchev–Trinajstić information content (AvgIpc) is 3.20. The van der Waals surface area contributed by atoms with E-state index in [0.29, 0.717) is 12.8 Å². The number of hydrogen-bond acceptors (Lipinski definition) is 5. The van der Waals surface area contributed by atoms with Crippen LogP contribution in [0.25, 0.3) is 11.1 Å². The lowest BCUT2D eigenvalue weighted by atomic mass is 9.73. The van der Waals surface area contributed by atoms with Gasteiger partial charge in [0.05, 0.1) is 5.60 Å². The number of piperidine rings is 2. The van der Waals surface area contributed by atoms with Gasteiger partial charge in [-0.3, -0.25) is 0 Å². The molecule has 1 aromatic heterocycles. The summed E-state index contributed by atoms with van der Waals surface area (Å²) in [7, 11) is 0. The van der Waals surface area contributed by atoms with E-state index in [0.717, 1.165) is 41.1 Å². The predicted octanol–water partition coefficient (Wildman–Crippen LogP) is 5.65. The molecule has 3 heterocycles. The fourth-order valence-electron chi connectivity index (χ4n) is 6.35. The average molecular weight is 510 g/mol. The number of hydrogen-bond donors (Lipinski definition) is 1. The second kappa shape index (κ2) is 8.83. The van der Waals surface area contributed by atoms with Gasteiger partial charge in [-0.05, 0) is 41.5 Å². The molecule has 2 aromatic carbocycles. The van der Waals surface area contributed by atoms with Crippen LogP contribution >= 0.6 is 0 Å². The molecule has 2 bridgehead atoms. The molecule has 2 saturated heterocycles. The largest absolute Gasteiger partial charge is 0.451 e. The number of alkyl halides is 3. The Morgan fingerprint density at radius 1 is 0.973 bits per heavy atom. The SMILES string of the molecule is O=C(OCC1c2ccccc2-c2ccccc21)N1C2CCCC1CC(O)(c1cnc(C(F)(F)F)nc1)C2. The molecule has 0 saturated carbocycles. The van der Waals surface area contributed by atoms with Gasteiger partial charge in [0, 0.05) is 48.8 Å². The van der Waals surface area contributed by atoms with Crippen LogP contribution in [0, 0.1) is 0 Å². The molecule has 1 aliphatic carbocycles. The Kier molecular flexibility index (Phi) is 5.71. The molecule has 0 spiro atoms. The zero-order valence-corrected chi connectivity index (χ0v) is 20.0. The van der Waals surface area contributed by atoms with Crippen molar-refractivity contribution in [2.75, 3.05) is 6.61 Å². The van der Waals surface area contributed by atoms with E-state index in [4.69, 9.17) is 4.74 Å². The summed E-state index contributed by atoms with van der Waals surface area (Å²) in [5, 5.41) is 11.4. The summed E-state index contributed by atoms with van der Waals surface area (Å²) in [6, 6.07) is 15.7. The molecule has 2 unspecified atom stereocenters. The van der Waals surface area contributed by atoms with Crippen molar-refractivity contribution in [1.29, 1.82) is 0 Å². The lowest BCUT2D eigenvalue weighted by molar-refractivity contribution is -0.145. The predicted molar refractivity (Wildman–Crippen MR) is 128 cm³/mol. The smallest absolute Gasteiger partial charge is 0.448 e. The van der Waals surface area contributed by atoms with Crippen molar-refractivity contribution >= 4 is 6.09 Å². The summed E-state index contributed by atoms with van der Waals surface area (Å²) < 4.78 is 44.6. The minimum Gasteiger partial charge on any atom is -0.448 e. The Morgan fingerprint density at radius 2 is 1.51 bits per heavy atom. The summed E-state index contributed by atoms with van der Waals surface area (Å²) in [5.74, 6) is -1.29. The molecule has 9 heteroatoms. The number of benzene rings is 2. The summed E-state index contributed by atoms with van der Waals surface area (Å²) in [5.41, 5.74) is 3.40. The highest BCUT2D eigenvalue weighted by molar-refractivity contribution is 5.79. The third-order valence-electron chi connectivity index (χ3n) is 8.00. The van der Waals surface area contributed by atoms with Crippen molar-refractivity contribution in [3.8, 4) is 11.1 Å². The van der Waals surface area contributed by atoms with E-state index in [1.807, 2.05) is 24.3 Å². The molecule has 1 amide bonds. The lowest BCUT2D eigenvalue weighted by Crippen LogP contribution is -2.59. The Labute approximate surface area is 212 Å². The maximum atomic E-state index is 13.4. The Balaban J connectivity index is 1.18. The molecule has 3 aliphatic rings. The molecule has 6 rings (SSSR count).